The van der Waals surface area contributed by atoms with Crippen molar-refractivity contribution in [1.82, 2.24) is 0 Å². The highest BCUT2D eigenvalue weighted by Gasteiger charge is 2.50. The van der Waals surface area contributed by atoms with Gasteiger partial charge in [-0.1, -0.05) is 72.8 Å². The second-order valence-electron chi connectivity index (χ2n) is 9.87. The molecule has 0 radical (unpaired) electrons. The first-order valence-corrected chi connectivity index (χ1v) is 12.8. The highest BCUT2D eigenvalue weighted by Crippen LogP contribution is 2.38. The van der Waals surface area contributed by atoms with E-state index < -0.39 is 0 Å². The Morgan fingerprint density at radius 1 is 0.743 bits per heavy atom. The van der Waals surface area contributed by atoms with E-state index in [1.807, 2.05) is 24.3 Å². The van der Waals surface area contributed by atoms with Crippen LogP contribution in [-0.4, -0.2) is 30.8 Å². The summed E-state index contributed by atoms with van der Waals surface area (Å²) in [5.74, 6) is 1.39. The number of allylic oxidation sites excluding steroid dienone is 1. The van der Waals surface area contributed by atoms with Crippen molar-refractivity contribution in [3.63, 3.8) is 0 Å². The van der Waals surface area contributed by atoms with E-state index in [1.165, 1.54) is 22.3 Å². The van der Waals surface area contributed by atoms with Crippen molar-refractivity contribution in [3.05, 3.63) is 102 Å². The van der Waals surface area contributed by atoms with Crippen molar-refractivity contribution in [3.8, 4) is 5.75 Å². The Labute approximate surface area is 215 Å². The molecule has 0 saturated carbocycles. The highest BCUT2D eigenvalue weighted by atomic mass is 35.5. The number of ether oxygens (including phenoxy) is 1. The number of benzene rings is 3. The van der Waals surface area contributed by atoms with Gasteiger partial charge >= 0.3 is 7.12 Å². The van der Waals surface area contributed by atoms with E-state index in [9.17, 15) is 0 Å². The predicted octanol–water partition coefficient (Wildman–Crippen LogP) is 7.75. The number of hydrogen-bond acceptors (Lipinski definition) is 3. The Morgan fingerprint density at radius 3 is 1.80 bits per heavy atom. The van der Waals surface area contributed by atoms with E-state index >= 15 is 0 Å². The Morgan fingerprint density at radius 2 is 1.26 bits per heavy atom. The maximum absolute atomic E-state index is 6.26. The average Bonchev–Trinajstić information content (AvgIpc) is 3.06. The maximum Gasteiger partial charge on any atom is 0.461 e. The summed E-state index contributed by atoms with van der Waals surface area (Å²) in [6.45, 7) is 8.80. The van der Waals surface area contributed by atoms with Gasteiger partial charge in [0.1, 0.15) is 5.75 Å². The third-order valence-electron chi connectivity index (χ3n) is 6.90. The molecule has 3 aromatic rings. The SMILES string of the molecule is CC1(C)OB(CCOc2ccc(/C(=C(\CCCl)c3ccccc3)c3ccccc3)cc2)OC1(C)C. The summed E-state index contributed by atoms with van der Waals surface area (Å²) in [5.41, 5.74) is 5.29. The summed E-state index contributed by atoms with van der Waals surface area (Å²) in [6.07, 6.45) is 1.46. The molecule has 0 spiro atoms. The lowest BCUT2D eigenvalue weighted by molar-refractivity contribution is 0.00578. The van der Waals surface area contributed by atoms with Gasteiger partial charge in [-0.3, -0.25) is 0 Å². The van der Waals surface area contributed by atoms with Crippen LogP contribution in [0.2, 0.25) is 6.32 Å². The van der Waals surface area contributed by atoms with Crippen molar-refractivity contribution < 1.29 is 14.0 Å². The predicted molar refractivity (Wildman–Crippen MR) is 147 cm³/mol. The van der Waals surface area contributed by atoms with Crippen molar-refractivity contribution >= 4 is 29.9 Å². The summed E-state index contributed by atoms with van der Waals surface area (Å²) < 4.78 is 18.2. The van der Waals surface area contributed by atoms with Crippen LogP contribution >= 0.6 is 11.6 Å². The zero-order valence-corrected chi connectivity index (χ0v) is 21.8. The molecule has 0 N–H and O–H groups in total. The van der Waals surface area contributed by atoms with Gasteiger partial charge in [0.25, 0.3) is 0 Å². The minimum absolute atomic E-state index is 0.254. The first kappa shape index (κ1) is 25.6. The third-order valence-corrected chi connectivity index (χ3v) is 7.09. The first-order valence-electron chi connectivity index (χ1n) is 12.3. The molecular weight excluding hydrogens is 455 g/mol. The molecule has 1 heterocycles. The molecule has 1 aliphatic rings. The van der Waals surface area contributed by atoms with E-state index in [4.69, 9.17) is 25.6 Å². The smallest absolute Gasteiger partial charge is 0.461 e. The standard InChI is InChI=1S/C30H34BClO3/c1-29(2)30(3,4)35-31(34-29)20-22-33-26-17-15-25(16-18-26)28(24-13-9-6-10-14-24)27(19-21-32)23-11-7-5-8-12-23/h5-18H,19-22H2,1-4H3/b28-27+. The van der Waals surface area contributed by atoms with Crippen molar-refractivity contribution in [2.75, 3.05) is 12.5 Å². The van der Waals surface area contributed by atoms with Gasteiger partial charge in [-0.25, -0.2) is 0 Å². The normalized spacial score (nSPS) is 17.2. The fraction of sp³-hybridized carbons (Fsp3) is 0.333. The van der Waals surface area contributed by atoms with Gasteiger partial charge in [-0.15, -0.1) is 11.6 Å². The lowest BCUT2D eigenvalue weighted by atomic mass is 9.85. The van der Waals surface area contributed by atoms with Crippen molar-refractivity contribution in [1.29, 1.82) is 0 Å². The third kappa shape index (κ3) is 6.01. The van der Waals surface area contributed by atoms with Crippen LogP contribution in [0.25, 0.3) is 11.1 Å². The molecule has 0 bridgehead atoms. The number of halogens is 1. The van der Waals surface area contributed by atoms with Crippen LogP contribution in [0.1, 0.15) is 50.8 Å². The lowest BCUT2D eigenvalue weighted by Crippen LogP contribution is -2.41. The van der Waals surface area contributed by atoms with E-state index in [-0.39, 0.29) is 18.3 Å². The molecule has 0 aliphatic carbocycles. The largest absolute Gasteiger partial charge is 0.494 e. The van der Waals surface area contributed by atoms with Crippen LogP contribution in [-0.2, 0) is 9.31 Å². The summed E-state index contributed by atoms with van der Waals surface area (Å²) in [5, 5.41) is 0. The molecule has 1 fully saturated rings. The molecule has 1 saturated heterocycles. The number of rotatable bonds is 9. The Balaban J connectivity index is 1.54. The monoisotopic (exact) mass is 488 g/mol. The van der Waals surface area contributed by atoms with E-state index in [2.05, 4.69) is 88.4 Å². The Kier molecular flexibility index (Phi) is 8.06. The average molecular weight is 489 g/mol. The molecule has 182 valence electrons. The Bertz CT molecular complexity index is 1110. The lowest BCUT2D eigenvalue weighted by Gasteiger charge is -2.32. The molecule has 4 rings (SSSR count). The molecule has 0 atom stereocenters. The van der Waals surface area contributed by atoms with Crippen LogP contribution in [0.3, 0.4) is 0 Å². The zero-order chi connectivity index (χ0) is 24.9. The summed E-state index contributed by atoms with van der Waals surface area (Å²) in [7, 11) is -0.254. The first-order chi connectivity index (χ1) is 16.8. The van der Waals surface area contributed by atoms with Gasteiger partial charge in [0.2, 0.25) is 0 Å². The minimum atomic E-state index is -0.320. The summed E-state index contributed by atoms with van der Waals surface area (Å²) >= 11 is 6.26. The van der Waals surface area contributed by atoms with E-state index in [0.29, 0.717) is 18.8 Å². The molecule has 0 unspecified atom stereocenters. The molecule has 1 aliphatic heterocycles. The van der Waals surface area contributed by atoms with Crippen molar-refractivity contribution in [2.45, 2.75) is 51.6 Å². The highest BCUT2D eigenvalue weighted by molar-refractivity contribution is 6.45. The fourth-order valence-electron chi connectivity index (χ4n) is 4.34. The minimum Gasteiger partial charge on any atom is -0.494 e. The second kappa shape index (κ2) is 11.0. The van der Waals surface area contributed by atoms with Crippen LogP contribution in [0.15, 0.2) is 84.9 Å². The van der Waals surface area contributed by atoms with E-state index in [1.54, 1.807) is 0 Å². The van der Waals surface area contributed by atoms with E-state index in [0.717, 1.165) is 17.7 Å². The van der Waals surface area contributed by atoms with Gasteiger partial charge in [-0.2, -0.15) is 0 Å². The molecule has 0 aromatic heterocycles. The van der Waals surface area contributed by atoms with Gasteiger partial charge in [0, 0.05) is 12.2 Å². The van der Waals surface area contributed by atoms with Crippen LogP contribution in [0, 0.1) is 0 Å². The maximum atomic E-state index is 6.26. The quantitative estimate of drug-likeness (QED) is 0.175. The zero-order valence-electron chi connectivity index (χ0n) is 21.1. The van der Waals surface area contributed by atoms with Crippen LogP contribution < -0.4 is 4.74 Å². The van der Waals surface area contributed by atoms with Gasteiger partial charge in [-0.05, 0) is 74.1 Å². The summed E-state index contributed by atoms with van der Waals surface area (Å²) in [4.78, 5) is 0. The molecule has 5 heteroatoms. The molecule has 35 heavy (non-hydrogen) atoms. The topological polar surface area (TPSA) is 27.7 Å². The fourth-order valence-corrected chi connectivity index (χ4v) is 4.53. The number of hydrogen-bond donors (Lipinski definition) is 0. The van der Waals surface area contributed by atoms with Crippen LogP contribution in [0.5, 0.6) is 5.75 Å². The molecule has 0 amide bonds. The Hall–Kier alpha value is -2.53. The summed E-state index contributed by atoms with van der Waals surface area (Å²) in [6, 6.07) is 29.3. The number of alkyl halides is 1. The molecule has 3 aromatic carbocycles. The second-order valence-corrected chi connectivity index (χ2v) is 10.2. The molecule has 3 nitrogen and oxygen atoms in total. The van der Waals surface area contributed by atoms with Crippen molar-refractivity contribution in [2.24, 2.45) is 0 Å². The molecular formula is C30H34BClO3. The van der Waals surface area contributed by atoms with Gasteiger partial charge < -0.3 is 14.0 Å². The van der Waals surface area contributed by atoms with Gasteiger partial charge in [0.15, 0.2) is 0 Å². The van der Waals surface area contributed by atoms with Gasteiger partial charge in [0.05, 0.1) is 17.8 Å². The van der Waals surface area contributed by atoms with Crippen LogP contribution in [0.4, 0.5) is 0 Å².